The van der Waals surface area contributed by atoms with Gasteiger partial charge in [-0.1, -0.05) is 28.1 Å². The highest BCUT2D eigenvalue weighted by atomic mass is 79.9. The fourth-order valence-electron chi connectivity index (χ4n) is 3.96. The molecule has 2 heterocycles. The number of ether oxygens (including phenoxy) is 1. The maximum absolute atomic E-state index is 12.7. The maximum atomic E-state index is 12.7. The zero-order valence-corrected chi connectivity index (χ0v) is 19.0. The average Bonchev–Trinajstić information content (AvgIpc) is 2.67. The molecule has 0 aromatic heterocycles. The molecule has 0 bridgehead atoms. The third-order valence-corrected chi connectivity index (χ3v) is 5.86. The van der Waals surface area contributed by atoms with Crippen LogP contribution in [0.25, 0.3) is 0 Å². The number of urea groups is 2. The van der Waals surface area contributed by atoms with Crippen LogP contribution < -0.4 is 20.7 Å². The van der Waals surface area contributed by atoms with Crippen molar-refractivity contribution in [3.8, 4) is 5.75 Å². The van der Waals surface area contributed by atoms with Gasteiger partial charge in [-0.05, 0) is 43.7 Å². The summed E-state index contributed by atoms with van der Waals surface area (Å²) in [5.74, 6) is 0.750. The molecule has 4 amide bonds. The molecule has 9 heteroatoms. The Morgan fingerprint density at radius 3 is 2.90 bits per heavy atom. The lowest BCUT2D eigenvalue weighted by Crippen LogP contribution is -2.42. The highest BCUT2D eigenvalue weighted by Crippen LogP contribution is 2.40. The molecule has 164 valence electrons. The third-order valence-electron chi connectivity index (χ3n) is 5.37. The lowest BCUT2D eigenvalue weighted by Gasteiger charge is -2.38. The van der Waals surface area contributed by atoms with Crippen LogP contribution in [0.5, 0.6) is 5.75 Å². The van der Waals surface area contributed by atoms with Crippen LogP contribution >= 0.6 is 15.9 Å². The number of hydrogen-bond donors (Lipinski definition) is 4. The summed E-state index contributed by atoms with van der Waals surface area (Å²) in [5, 5.41) is 17.8. The second-order valence-electron chi connectivity index (χ2n) is 8.35. The van der Waals surface area contributed by atoms with Gasteiger partial charge in [-0.15, -0.1) is 0 Å². The molecule has 8 nitrogen and oxygen atoms in total. The Hall–Kier alpha value is -2.78. The molecule has 31 heavy (non-hydrogen) atoms. The first-order valence-electron chi connectivity index (χ1n) is 10.1. The van der Waals surface area contributed by atoms with Gasteiger partial charge in [0.2, 0.25) is 0 Å². The Morgan fingerprint density at radius 1 is 1.32 bits per heavy atom. The number of carbonyl (C=O) groups excluding carboxylic acids is 2. The molecule has 0 spiro atoms. The van der Waals surface area contributed by atoms with Crippen molar-refractivity contribution in [1.29, 1.82) is 0 Å². The van der Waals surface area contributed by atoms with Crippen molar-refractivity contribution in [3.63, 3.8) is 0 Å². The molecule has 0 saturated carbocycles. The molecule has 4 rings (SSSR count). The summed E-state index contributed by atoms with van der Waals surface area (Å²) in [6.45, 7) is 4.59. The molecule has 4 N–H and O–H groups in total. The maximum Gasteiger partial charge on any atom is 0.322 e. The van der Waals surface area contributed by atoms with Crippen molar-refractivity contribution < 1.29 is 19.4 Å². The quantitative estimate of drug-likeness (QED) is 0.517. The first kappa shape index (κ1) is 21.5. The fourth-order valence-corrected chi connectivity index (χ4v) is 4.30. The van der Waals surface area contributed by atoms with Gasteiger partial charge >= 0.3 is 12.1 Å². The summed E-state index contributed by atoms with van der Waals surface area (Å²) in [5.41, 5.74) is 2.67. The first-order chi connectivity index (χ1) is 14.7. The summed E-state index contributed by atoms with van der Waals surface area (Å²) in [6, 6.07) is 10.4. The second-order valence-corrected chi connectivity index (χ2v) is 9.26. The first-order valence-corrected chi connectivity index (χ1v) is 10.9. The van der Waals surface area contributed by atoms with Crippen LogP contribution in [-0.2, 0) is 6.54 Å². The minimum Gasteiger partial charge on any atom is -0.487 e. The van der Waals surface area contributed by atoms with Gasteiger partial charge in [-0.25, -0.2) is 9.59 Å². The van der Waals surface area contributed by atoms with Gasteiger partial charge in [0, 0.05) is 40.9 Å². The number of rotatable bonds is 4. The number of nitrogens with zero attached hydrogens (tertiary/aromatic N) is 1. The third kappa shape index (κ3) is 4.77. The number of carbonyl (C=O) groups is 2. The number of amides is 4. The Balaban J connectivity index is 1.46. The topological polar surface area (TPSA) is 103 Å². The van der Waals surface area contributed by atoms with E-state index in [-0.39, 0.29) is 31.3 Å². The van der Waals surface area contributed by atoms with Crippen LogP contribution in [0.2, 0.25) is 0 Å². The van der Waals surface area contributed by atoms with Crippen molar-refractivity contribution >= 4 is 39.4 Å². The smallest absolute Gasteiger partial charge is 0.322 e. The van der Waals surface area contributed by atoms with Crippen molar-refractivity contribution in [2.24, 2.45) is 0 Å². The van der Waals surface area contributed by atoms with Crippen molar-refractivity contribution in [3.05, 3.63) is 52.0 Å². The van der Waals surface area contributed by atoms with Crippen LogP contribution in [0.4, 0.5) is 21.0 Å². The lowest BCUT2D eigenvalue weighted by molar-refractivity contribution is 0.0682. The second kappa shape index (κ2) is 8.39. The van der Waals surface area contributed by atoms with E-state index >= 15 is 0 Å². The zero-order chi connectivity index (χ0) is 22.2. The molecule has 2 aliphatic heterocycles. The fraction of sp³-hybridized carbons (Fsp3) is 0.364. The summed E-state index contributed by atoms with van der Waals surface area (Å²) in [6.07, 6.45) is 0.635. The van der Waals surface area contributed by atoms with Gasteiger partial charge in [0.1, 0.15) is 11.4 Å². The van der Waals surface area contributed by atoms with Crippen LogP contribution in [0, 0.1) is 0 Å². The van der Waals surface area contributed by atoms with E-state index in [1.54, 1.807) is 12.1 Å². The monoisotopic (exact) mass is 488 g/mol. The molecule has 0 unspecified atom stereocenters. The Labute approximate surface area is 189 Å². The molecule has 0 aliphatic carbocycles. The van der Waals surface area contributed by atoms with Gasteiger partial charge in [-0.2, -0.15) is 0 Å². The molecule has 2 aromatic carbocycles. The van der Waals surface area contributed by atoms with Crippen LogP contribution in [0.3, 0.4) is 0 Å². The number of β-amino-alcohol motifs (C(OH)–C–C–N with tert-alkyl or cyclic N) is 1. The highest BCUT2D eigenvalue weighted by molar-refractivity contribution is 9.10. The van der Waals surface area contributed by atoms with E-state index in [9.17, 15) is 9.59 Å². The number of aliphatic hydroxyl groups excluding tert-OH is 1. The molecule has 0 saturated heterocycles. The van der Waals surface area contributed by atoms with E-state index in [4.69, 9.17) is 9.84 Å². The number of halogens is 1. The molecule has 2 aromatic rings. The van der Waals surface area contributed by atoms with Gasteiger partial charge in [-0.3, -0.25) is 0 Å². The van der Waals surface area contributed by atoms with E-state index < -0.39 is 5.60 Å². The van der Waals surface area contributed by atoms with Crippen LogP contribution in [0.15, 0.2) is 40.9 Å². The Kier molecular flexibility index (Phi) is 5.81. The summed E-state index contributed by atoms with van der Waals surface area (Å²) >= 11 is 3.46. The lowest BCUT2D eigenvalue weighted by atomic mass is 9.90. The summed E-state index contributed by atoms with van der Waals surface area (Å²) < 4.78 is 6.98. The summed E-state index contributed by atoms with van der Waals surface area (Å²) in [4.78, 5) is 26.4. The van der Waals surface area contributed by atoms with Crippen LogP contribution in [0.1, 0.15) is 37.4 Å². The number of anilines is 2. The molecule has 2 aliphatic rings. The number of aliphatic hydroxyl groups is 1. The largest absolute Gasteiger partial charge is 0.487 e. The van der Waals surface area contributed by atoms with Gasteiger partial charge in [0.25, 0.3) is 0 Å². The standard InChI is InChI=1S/C22H25BrN4O4/c1-22(2)11-18(16-6-4-14(23)9-19(16)31-22)25-20(29)24-15-5-3-13-12-27(7-8-28)21(30)26-17(13)10-15/h3-6,9-10,18,28H,7-8,11-12H2,1-2H3,(H,26,30)(H2,24,25,29)/t18-/m1/s1. The molecular weight excluding hydrogens is 464 g/mol. The van der Waals surface area contributed by atoms with Crippen molar-refractivity contribution in [1.82, 2.24) is 10.2 Å². The van der Waals surface area contributed by atoms with Gasteiger partial charge in [0.05, 0.1) is 12.6 Å². The normalized spacial score (nSPS) is 18.9. The summed E-state index contributed by atoms with van der Waals surface area (Å²) in [7, 11) is 0. The molecular formula is C22H25BrN4O4. The zero-order valence-electron chi connectivity index (χ0n) is 17.4. The average molecular weight is 489 g/mol. The predicted molar refractivity (Wildman–Crippen MR) is 121 cm³/mol. The molecule has 0 fully saturated rings. The Bertz CT molecular complexity index is 1030. The number of benzene rings is 2. The van der Waals surface area contributed by atoms with Crippen molar-refractivity contribution in [2.75, 3.05) is 23.8 Å². The molecule has 1 atom stereocenters. The van der Waals surface area contributed by atoms with Crippen LogP contribution in [-0.4, -0.2) is 40.8 Å². The SMILES string of the molecule is CC1(C)C[C@@H](NC(=O)Nc2ccc3c(c2)NC(=O)N(CCO)C3)c2ccc(Br)cc2O1. The van der Waals surface area contributed by atoms with Crippen molar-refractivity contribution in [2.45, 2.75) is 38.5 Å². The molecule has 0 radical (unpaired) electrons. The number of hydrogen-bond acceptors (Lipinski definition) is 4. The van der Waals surface area contributed by atoms with E-state index in [2.05, 4.69) is 31.9 Å². The van der Waals surface area contributed by atoms with E-state index in [1.165, 1.54) is 4.90 Å². The number of fused-ring (bicyclic) bond motifs is 2. The highest BCUT2D eigenvalue weighted by Gasteiger charge is 2.34. The van der Waals surface area contributed by atoms with E-state index in [0.717, 1.165) is 21.3 Å². The van der Waals surface area contributed by atoms with E-state index in [1.807, 2.05) is 38.1 Å². The predicted octanol–water partition coefficient (Wildman–Crippen LogP) is 4.21. The van der Waals surface area contributed by atoms with E-state index in [0.29, 0.717) is 24.3 Å². The van der Waals surface area contributed by atoms with Gasteiger partial charge < -0.3 is 30.7 Å². The minimum absolute atomic E-state index is 0.0916. The number of nitrogens with one attached hydrogen (secondary N) is 3. The Morgan fingerprint density at radius 2 is 2.13 bits per heavy atom. The minimum atomic E-state index is -0.414. The van der Waals surface area contributed by atoms with Gasteiger partial charge in [0.15, 0.2) is 0 Å².